The van der Waals surface area contributed by atoms with Crippen molar-refractivity contribution < 1.29 is 9.59 Å². The SMILES string of the molecule is Nc1ccn(CCN2CC(=O)NC(=O)C2)n1. The van der Waals surface area contributed by atoms with Gasteiger partial charge in [0, 0.05) is 12.7 Å². The summed E-state index contributed by atoms with van der Waals surface area (Å²) in [5, 5.41) is 6.27. The molecule has 0 bridgehead atoms. The van der Waals surface area contributed by atoms with Gasteiger partial charge in [-0.2, -0.15) is 5.10 Å². The summed E-state index contributed by atoms with van der Waals surface area (Å²) in [5.74, 6) is -0.0417. The first-order valence-corrected chi connectivity index (χ1v) is 4.97. The van der Waals surface area contributed by atoms with Crippen molar-refractivity contribution in [3.63, 3.8) is 0 Å². The highest BCUT2D eigenvalue weighted by Gasteiger charge is 2.21. The number of nitrogens with one attached hydrogen (secondary N) is 1. The zero-order valence-corrected chi connectivity index (χ0v) is 8.72. The Bertz CT molecular complexity index is 398. The fourth-order valence-corrected chi connectivity index (χ4v) is 1.60. The van der Waals surface area contributed by atoms with Crippen LogP contribution in [0.25, 0.3) is 0 Å². The molecule has 2 heterocycles. The van der Waals surface area contributed by atoms with E-state index in [2.05, 4.69) is 10.4 Å². The Morgan fingerprint density at radius 1 is 1.31 bits per heavy atom. The van der Waals surface area contributed by atoms with E-state index in [-0.39, 0.29) is 24.9 Å². The van der Waals surface area contributed by atoms with Crippen molar-refractivity contribution in [3.8, 4) is 0 Å². The largest absolute Gasteiger partial charge is 0.382 e. The summed E-state index contributed by atoms with van der Waals surface area (Å²) in [6.45, 7) is 1.71. The Hall–Kier alpha value is -1.89. The smallest absolute Gasteiger partial charge is 0.240 e. The Kier molecular flexibility index (Phi) is 2.86. The summed E-state index contributed by atoms with van der Waals surface area (Å²) in [5.41, 5.74) is 5.47. The molecular formula is C9H13N5O2. The number of nitrogen functional groups attached to an aromatic ring is 1. The second kappa shape index (κ2) is 4.31. The third kappa shape index (κ3) is 2.57. The van der Waals surface area contributed by atoms with E-state index >= 15 is 0 Å². The van der Waals surface area contributed by atoms with Crippen LogP contribution < -0.4 is 11.1 Å². The van der Waals surface area contributed by atoms with Crippen molar-refractivity contribution in [2.24, 2.45) is 0 Å². The Balaban J connectivity index is 1.85. The standard InChI is InChI=1S/C9H13N5O2/c10-7-1-2-14(12-7)4-3-13-5-8(15)11-9(16)6-13/h1-2H,3-6H2,(H2,10,12)(H,11,15,16). The number of nitrogens with zero attached hydrogens (tertiary/aromatic N) is 3. The van der Waals surface area contributed by atoms with Crippen LogP contribution in [-0.4, -0.2) is 46.1 Å². The number of carbonyl (C=O) groups excluding carboxylic acids is 2. The number of amides is 2. The molecule has 2 amide bonds. The number of imide groups is 1. The summed E-state index contributed by atoms with van der Waals surface area (Å²) in [4.78, 5) is 23.9. The van der Waals surface area contributed by atoms with Gasteiger partial charge in [-0.1, -0.05) is 0 Å². The molecule has 2 rings (SSSR count). The molecule has 1 saturated heterocycles. The van der Waals surface area contributed by atoms with Crippen molar-refractivity contribution in [2.45, 2.75) is 6.54 Å². The molecule has 3 N–H and O–H groups in total. The second-order valence-corrected chi connectivity index (χ2v) is 3.69. The van der Waals surface area contributed by atoms with E-state index in [9.17, 15) is 9.59 Å². The maximum Gasteiger partial charge on any atom is 0.240 e. The molecule has 7 heteroatoms. The molecule has 16 heavy (non-hydrogen) atoms. The molecule has 7 nitrogen and oxygen atoms in total. The number of nitrogens with two attached hydrogens (primary N) is 1. The topological polar surface area (TPSA) is 93.2 Å². The Labute approximate surface area is 92.2 Å². The Morgan fingerprint density at radius 2 is 2.00 bits per heavy atom. The lowest BCUT2D eigenvalue weighted by atomic mass is 10.3. The first kappa shape index (κ1) is 10.6. The number of hydrogen-bond donors (Lipinski definition) is 2. The van der Waals surface area contributed by atoms with Crippen molar-refractivity contribution in [3.05, 3.63) is 12.3 Å². The molecule has 0 atom stereocenters. The van der Waals surface area contributed by atoms with E-state index in [4.69, 9.17) is 5.73 Å². The van der Waals surface area contributed by atoms with Crippen LogP contribution in [0.3, 0.4) is 0 Å². The molecular weight excluding hydrogens is 210 g/mol. The molecule has 0 unspecified atom stereocenters. The third-order valence-electron chi connectivity index (χ3n) is 2.32. The molecule has 1 aliphatic rings. The van der Waals surface area contributed by atoms with Gasteiger partial charge in [0.05, 0.1) is 19.6 Å². The van der Waals surface area contributed by atoms with Gasteiger partial charge in [0.25, 0.3) is 0 Å². The van der Waals surface area contributed by atoms with Gasteiger partial charge in [-0.15, -0.1) is 0 Å². The van der Waals surface area contributed by atoms with Gasteiger partial charge >= 0.3 is 0 Å². The number of rotatable bonds is 3. The molecule has 0 aromatic carbocycles. The maximum absolute atomic E-state index is 11.1. The van der Waals surface area contributed by atoms with Gasteiger partial charge in [0.1, 0.15) is 5.82 Å². The number of anilines is 1. The van der Waals surface area contributed by atoms with Crippen LogP contribution in [0.4, 0.5) is 5.82 Å². The molecule has 1 aromatic heterocycles. The van der Waals surface area contributed by atoms with Crippen molar-refractivity contribution in [1.29, 1.82) is 0 Å². The van der Waals surface area contributed by atoms with Crippen molar-refractivity contribution >= 4 is 17.6 Å². The summed E-state index contributed by atoms with van der Waals surface area (Å²) >= 11 is 0. The summed E-state index contributed by atoms with van der Waals surface area (Å²) in [6, 6.07) is 1.70. The summed E-state index contributed by atoms with van der Waals surface area (Å²) < 4.78 is 1.69. The number of hydrogen-bond acceptors (Lipinski definition) is 5. The summed E-state index contributed by atoms with van der Waals surface area (Å²) in [7, 11) is 0. The van der Waals surface area contributed by atoms with Crippen molar-refractivity contribution in [2.75, 3.05) is 25.4 Å². The van der Waals surface area contributed by atoms with Gasteiger partial charge < -0.3 is 5.73 Å². The predicted octanol–water partition coefficient (Wildman–Crippen LogP) is -1.58. The highest BCUT2D eigenvalue weighted by Crippen LogP contribution is 1.98. The molecule has 0 saturated carbocycles. The first-order valence-electron chi connectivity index (χ1n) is 4.97. The second-order valence-electron chi connectivity index (χ2n) is 3.69. The predicted molar refractivity (Wildman–Crippen MR) is 56.2 cm³/mol. The zero-order chi connectivity index (χ0) is 11.5. The lowest BCUT2D eigenvalue weighted by Gasteiger charge is -2.24. The molecule has 1 aliphatic heterocycles. The van der Waals surface area contributed by atoms with Crippen LogP contribution >= 0.6 is 0 Å². The van der Waals surface area contributed by atoms with E-state index in [1.165, 1.54) is 0 Å². The van der Waals surface area contributed by atoms with Gasteiger partial charge in [-0.3, -0.25) is 24.5 Å². The van der Waals surface area contributed by atoms with Crippen LogP contribution in [0.2, 0.25) is 0 Å². The van der Waals surface area contributed by atoms with E-state index in [0.717, 1.165) is 0 Å². The quantitative estimate of drug-likeness (QED) is 0.603. The zero-order valence-electron chi connectivity index (χ0n) is 8.72. The Morgan fingerprint density at radius 3 is 2.56 bits per heavy atom. The fraction of sp³-hybridized carbons (Fsp3) is 0.444. The number of aromatic nitrogens is 2. The van der Waals surface area contributed by atoms with Crippen LogP contribution in [0, 0.1) is 0 Å². The van der Waals surface area contributed by atoms with E-state index < -0.39 is 0 Å². The average Bonchev–Trinajstić information content (AvgIpc) is 2.60. The van der Waals surface area contributed by atoms with E-state index in [1.54, 1.807) is 21.8 Å². The highest BCUT2D eigenvalue weighted by molar-refractivity contribution is 5.99. The van der Waals surface area contributed by atoms with Crippen LogP contribution in [0.1, 0.15) is 0 Å². The molecule has 1 fully saturated rings. The van der Waals surface area contributed by atoms with Crippen LogP contribution in [0.15, 0.2) is 12.3 Å². The lowest BCUT2D eigenvalue weighted by molar-refractivity contribution is -0.136. The fourth-order valence-electron chi connectivity index (χ4n) is 1.60. The van der Waals surface area contributed by atoms with Crippen LogP contribution in [0.5, 0.6) is 0 Å². The molecule has 0 radical (unpaired) electrons. The number of carbonyl (C=O) groups is 2. The normalized spacial score (nSPS) is 17.5. The van der Waals surface area contributed by atoms with Crippen LogP contribution in [-0.2, 0) is 16.1 Å². The third-order valence-corrected chi connectivity index (χ3v) is 2.32. The minimum Gasteiger partial charge on any atom is -0.382 e. The van der Waals surface area contributed by atoms with Crippen molar-refractivity contribution in [1.82, 2.24) is 20.0 Å². The molecule has 0 aliphatic carbocycles. The van der Waals surface area contributed by atoms with E-state index in [1.807, 2.05) is 0 Å². The van der Waals surface area contributed by atoms with Gasteiger partial charge in [-0.25, -0.2) is 0 Å². The monoisotopic (exact) mass is 223 g/mol. The highest BCUT2D eigenvalue weighted by atomic mass is 16.2. The van der Waals surface area contributed by atoms with Gasteiger partial charge in [0.2, 0.25) is 11.8 Å². The number of piperazine rings is 1. The van der Waals surface area contributed by atoms with Gasteiger partial charge in [-0.05, 0) is 6.07 Å². The maximum atomic E-state index is 11.1. The average molecular weight is 223 g/mol. The van der Waals surface area contributed by atoms with Gasteiger partial charge in [0.15, 0.2) is 0 Å². The molecule has 86 valence electrons. The lowest BCUT2D eigenvalue weighted by Crippen LogP contribution is -2.52. The molecule has 1 aromatic rings. The molecule has 0 spiro atoms. The minimum atomic E-state index is -0.253. The van der Waals surface area contributed by atoms with E-state index in [0.29, 0.717) is 18.9 Å². The summed E-state index contributed by atoms with van der Waals surface area (Å²) in [6.07, 6.45) is 1.77. The first-order chi connectivity index (χ1) is 7.63. The minimum absolute atomic E-state index is 0.252.